The fourth-order valence-corrected chi connectivity index (χ4v) is 4.50. The number of nitrogens with zero attached hydrogens (tertiary/aromatic N) is 1. The van der Waals surface area contributed by atoms with Crippen LogP contribution in [0, 0.1) is 5.92 Å². The van der Waals surface area contributed by atoms with Crippen LogP contribution in [-0.2, 0) is 4.79 Å². The second-order valence-electron chi connectivity index (χ2n) is 6.01. The lowest BCUT2D eigenvalue weighted by molar-refractivity contribution is -0.144. The SMILES string of the molecule is CC1CC(C(=O)O)CCN1C(C)c1cc2ccccc2s1. The number of benzene rings is 1. The third-order valence-electron chi connectivity index (χ3n) is 4.63. The first kappa shape index (κ1) is 14.5. The first-order valence-corrected chi connectivity index (χ1v) is 8.35. The quantitative estimate of drug-likeness (QED) is 0.926. The summed E-state index contributed by atoms with van der Waals surface area (Å²) in [6.07, 6.45) is 1.51. The van der Waals surface area contributed by atoms with Gasteiger partial charge in [-0.15, -0.1) is 11.3 Å². The molecule has 0 amide bonds. The van der Waals surface area contributed by atoms with E-state index in [-0.39, 0.29) is 5.92 Å². The van der Waals surface area contributed by atoms with Crippen molar-refractivity contribution in [1.82, 2.24) is 4.90 Å². The second kappa shape index (κ2) is 5.78. The van der Waals surface area contributed by atoms with E-state index >= 15 is 0 Å². The molecule has 0 bridgehead atoms. The number of carboxylic acids is 1. The molecule has 1 aromatic carbocycles. The summed E-state index contributed by atoms with van der Waals surface area (Å²) >= 11 is 1.85. The lowest BCUT2D eigenvalue weighted by Crippen LogP contribution is -2.43. The Kier molecular flexibility index (Phi) is 4.00. The van der Waals surface area contributed by atoms with Crippen molar-refractivity contribution in [3.8, 4) is 0 Å². The number of aliphatic carboxylic acids is 1. The molecule has 1 aliphatic rings. The molecule has 21 heavy (non-hydrogen) atoms. The molecule has 1 N–H and O–H groups in total. The van der Waals surface area contributed by atoms with Crippen molar-refractivity contribution in [1.29, 1.82) is 0 Å². The van der Waals surface area contributed by atoms with Crippen molar-refractivity contribution in [3.63, 3.8) is 0 Å². The van der Waals surface area contributed by atoms with Gasteiger partial charge in [-0.25, -0.2) is 0 Å². The molecule has 0 saturated carbocycles. The van der Waals surface area contributed by atoms with Gasteiger partial charge in [-0.1, -0.05) is 18.2 Å². The van der Waals surface area contributed by atoms with E-state index in [1.165, 1.54) is 15.0 Å². The summed E-state index contributed by atoms with van der Waals surface area (Å²) in [6, 6.07) is 11.4. The van der Waals surface area contributed by atoms with Crippen LogP contribution in [0.4, 0.5) is 0 Å². The number of rotatable bonds is 3. The van der Waals surface area contributed by atoms with Gasteiger partial charge in [0.25, 0.3) is 0 Å². The molecule has 112 valence electrons. The van der Waals surface area contributed by atoms with E-state index in [9.17, 15) is 9.90 Å². The molecule has 1 saturated heterocycles. The van der Waals surface area contributed by atoms with Crippen molar-refractivity contribution in [2.24, 2.45) is 5.92 Å². The number of hydrogen-bond donors (Lipinski definition) is 1. The number of thiophene rings is 1. The van der Waals surface area contributed by atoms with E-state index in [1.807, 2.05) is 11.3 Å². The average Bonchev–Trinajstić information content (AvgIpc) is 2.90. The smallest absolute Gasteiger partial charge is 0.306 e. The van der Waals surface area contributed by atoms with Crippen LogP contribution >= 0.6 is 11.3 Å². The van der Waals surface area contributed by atoms with Gasteiger partial charge in [-0.05, 0) is 50.8 Å². The van der Waals surface area contributed by atoms with Crippen LogP contribution in [0.1, 0.15) is 37.6 Å². The maximum Gasteiger partial charge on any atom is 0.306 e. The Balaban J connectivity index is 1.78. The van der Waals surface area contributed by atoms with Gasteiger partial charge >= 0.3 is 5.97 Å². The van der Waals surface area contributed by atoms with Gasteiger partial charge in [0.1, 0.15) is 0 Å². The summed E-state index contributed by atoms with van der Waals surface area (Å²) < 4.78 is 1.33. The van der Waals surface area contributed by atoms with Gasteiger partial charge in [0.05, 0.1) is 5.92 Å². The Labute approximate surface area is 129 Å². The molecular formula is C17H21NO2S. The molecule has 0 aliphatic carbocycles. The predicted octanol–water partition coefficient (Wildman–Crippen LogP) is 4.15. The van der Waals surface area contributed by atoms with Crippen LogP contribution in [0.2, 0.25) is 0 Å². The maximum atomic E-state index is 11.1. The Morgan fingerprint density at radius 2 is 2.19 bits per heavy atom. The summed E-state index contributed by atoms with van der Waals surface area (Å²) in [5, 5.41) is 10.5. The van der Waals surface area contributed by atoms with Crippen LogP contribution < -0.4 is 0 Å². The van der Waals surface area contributed by atoms with Crippen LogP contribution in [0.5, 0.6) is 0 Å². The minimum absolute atomic E-state index is 0.175. The number of likely N-dealkylation sites (tertiary alicyclic amines) is 1. The molecule has 2 aromatic rings. The van der Waals surface area contributed by atoms with Crippen molar-refractivity contribution in [2.75, 3.05) is 6.54 Å². The number of piperidine rings is 1. The van der Waals surface area contributed by atoms with Crippen LogP contribution in [0.3, 0.4) is 0 Å². The summed E-state index contributed by atoms with van der Waals surface area (Å²) in [7, 11) is 0. The Hall–Kier alpha value is -1.39. The Bertz CT molecular complexity index is 618. The molecule has 4 heteroatoms. The molecule has 3 nitrogen and oxygen atoms in total. The monoisotopic (exact) mass is 303 g/mol. The van der Waals surface area contributed by atoms with Gasteiger partial charge in [0.2, 0.25) is 0 Å². The molecular weight excluding hydrogens is 282 g/mol. The van der Waals surface area contributed by atoms with Gasteiger partial charge in [0.15, 0.2) is 0 Å². The summed E-state index contributed by atoms with van der Waals surface area (Å²) in [4.78, 5) is 15.0. The third kappa shape index (κ3) is 2.83. The summed E-state index contributed by atoms with van der Waals surface area (Å²) in [5.41, 5.74) is 0. The molecule has 2 heterocycles. The predicted molar refractivity (Wildman–Crippen MR) is 86.8 cm³/mol. The maximum absolute atomic E-state index is 11.1. The molecule has 0 spiro atoms. The van der Waals surface area contributed by atoms with E-state index in [4.69, 9.17) is 0 Å². The first-order valence-electron chi connectivity index (χ1n) is 7.53. The van der Waals surface area contributed by atoms with Crippen LogP contribution in [0.25, 0.3) is 10.1 Å². The minimum Gasteiger partial charge on any atom is -0.481 e. The zero-order valence-corrected chi connectivity index (χ0v) is 13.3. The standard InChI is InChI=1S/C17H21NO2S/c1-11-9-14(17(19)20)7-8-18(11)12(2)16-10-13-5-3-4-6-15(13)21-16/h3-6,10-12,14H,7-9H2,1-2H3,(H,19,20). The average molecular weight is 303 g/mol. The van der Waals surface area contributed by atoms with Crippen molar-refractivity contribution in [3.05, 3.63) is 35.2 Å². The highest BCUT2D eigenvalue weighted by Crippen LogP contribution is 2.36. The van der Waals surface area contributed by atoms with Crippen molar-refractivity contribution >= 4 is 27.4 Å². The molecule has 1 aliphatic heterocycles. The fraction of sp³-hybridized carbons (Fsp3) is 0.471. The van der Waals surface area contributed by atoms with E-state index in [0.29, 0.717) is 12.1 Å². The number of hydrogen-bond acceptors (Lipinski definition) is 3. The molecule has 1 fully saturated rings. The topological polar surface area (TPSA) is 40.5 Å². The first-order chi connectivity index (χ1) is 10.1. The van der Waals surface area contributed by atoms with E-state index in [0.717, 1.165) is 19.4 Å². The van der Waals surface area contributed by atoms with Gasteiger partial charge < -0.3 is 5.11 Å². The van der Waals surface area contributed by atoms with Gasteiger partial charge in [0, 0.05) is 21.7 Å². The normalized spacial score (nSPS) is 25.0. The highest BCUT2D eigenvalue weighted by molar-refractivity contribution is 7.19. The molecule has 1 aromatic heterocycles. The van der Waals surface area contributed by atoms with Crippen molar-refractivity contribution in [2.45, 2.75) is 38.8 Å². The largest absolute Gasteiger partial charge is 0.481 e. The molecule has 3 atom stereocenters. The second-order valence-corrected chi connectivity index (χ2v) is 7.12. The lowest BCUT2D eigenvalue weighted by Gasteiger charge is -2.39. The molecule has 3 rings (SSSR count). The number of fused-ring (bicyclic) bond motifs is 1. The lowest BCUT2D eigenvalue weighted by atomic mass is 9.90. The fourth-order valence-electron chi connectivity index (χ4n) is 3.36. The number of carbonyl (C=O) groups is 1. The zero-order chi connectivity index (χ0) is 15.0. The summed E-state index contributed by atoms with van der Waals surface area (Å²) in [5.74, 6) is -0.818. The van der Waals surface area contributed by atoms with E-state index < -0.39 is 5.97 Å². The van der Waals surface area contributed by atoms with E-state index in [2.05, 4.69) is 49.1 Å². The van der Waals surface area contributed by atoms with Crippen molar-refractivity contribution < 1.29 is 9.90 Å². The Morgan fingerprint density at radius 1 is 1.43 bits per heavy atom. The number of carboxylic acid groups (broad SMARTS) is 1. The Morgan fingerprint density at radius 3 is 2.86 bits per heavy atom. The summed E-state index contributed by atoms with van der Waals surface area (Å²) in [6.45, 7) is 5.26. The highest BCUT2D eigenvalue weighted by atomic mass is 32.1. The zero-order valence-electron chi connectivity index (χ0n) is 12.5. The van der Waals surface area contributed by atoms with Crippen LogP contribution in [0.15, 0.2) is 30.3 Å². The molecule has 0 radical (unpaired) electrons. The van der Waals surface area contributed by atoms with Gasteiger partial charge in [-0.2, -0.15) is 0 Å². The third-order valence-corrected chi connectivity index (χ3v) is 5.92. The minimum atomic E-state index is -0.643. The van der Waals surface area contributed by atoms with Gasteiger partial charge in [-0.3, -0.25) is 9.69 Å². The van der Waals surface area contributed by atoms with E-state index in [1.54, 1.807) is 0 Å². The highest BCUT2D eigenvalue weighted by Gasteiger charge is 2.32. The van der Waals surface area contributed by atoms with Crippen LogP contribution in [-0.4, -0.2) is 28.6 Å². The molecule has 3 unspecified atom stereocenters.